The molecule has 0 aliphatic carbocycles. The van der Waals surface area contributed by atoms with Crippen LogP contribution < -0.4 is 10.9 Å². The number of hydrogen-bond donors (Lipinski definition) is 1. The summed E-state index contributed by atoms with van der Waals surface area (Å²) in [5.41, 5.74) is 0.394. The number of hydrogen-bond acceptors (Lipinski definition) is 5. The van der Waals surface area contributed by atoms with Gasteiger partial charge in [0, 0.05) is 19.6 Å². The lowest BCUT2D eigenvalue weighted by Crippen LogP contribution is -2.33. The standard InChI is InChI=1S/C14H24N6O/c1-4-5-6-7-11(2)15-8-9-20-14(21)12-10-16-19(3)13(12)17-18-20/h10-11,15H,4-9H2,1-3H3. The van der Waals surface area contributed by atoms with Crippen LogP contribution in [0.4, 0.5) is 0 Å². The summed E-state index contributed by atoms with van der Waals surface area (Å²) in [5.74, 6) is 0. The van der Waals surface area contributed by atoms with Gasteiger partial charge in [0.2, 0.25) is 0 Å². The van der Waals surface area contributed by atoms with Crippen LogP contribution in [0.15, 0.2) is 11.0 Å². The fourth-order valence-electron chi connectivity index (χ4n) is 2.34. The average molecular weight is 292 g/mol. The highest BCUT2D eigenvalue weighted by atomic mass is 16.1. The van der Waals surface area contributed by atoms with Crippen molar-refractivity contribution in [1.82, 2.24) is 30.1 Å². The number of aromatic nitrogens is 5. The Morgan fingerprint density at radius 2 is 2.19 bits per heavy atom. The quantitative estimate of drug-likeness (QED) is 0.737. The largest absolute Gasteiger partial charge is 0.312 e. The highest BCUT2D eigenvalue weighted by Gasteiger charge is 2.09. The lowest BCUT2D eigenvalue weighted by molar-refractivity contribution is 0.446. The smallest absolute Gasteiger partial charge is 0.280 e. The third kappa shape index (κ3) is 3.87. The molecule has 0 spiro atoms. The summed E-state index contributed by atoms with van der Waals surface area (Å²) in [6.07, 6.45) is 6.46. The maximum absolute atomic E-state index is 12.2. The van der Waals surface area contributed by atoms with Gasteiger partial charge in [0.25, 0.3) is 5.56 Å². The van der Waals surface area contributed by atoms with Crippen LogP contribution in [0.5, 0.6) is 0 Å². The van der Waals surface area contributed by atoms with E-state index in [0.29, 0.717) is 30.2 Å². The van der Waals surface area contributed by atoms with E-state index in [1.165, 1.54) is 23.9 Å². The molecule has 7 heteroatoms. The molecule has 1 unspecified atom stereocenters. The summed E-state index contributed by atoms with van der Waals surface area (Å²) < 4.78 is 2.96. The molecule has 0 radical (unpaired) electrons. The van der Waals surface area contributed by atoms with Gasteiger partial charge in [0.05, 0.1) is 12.7 Å². The third-order valence-corrected chi connectivity index (χ3v) is 3.68. The average Bonchev–Trinajstić information content (AvgIpc) is 2.84. The van der Waals surface area contributed by atoms with Gasteiger partial charge in [-0.25, -0.2) is 9.36 Å². The van der Waals surface area contributed by atoms with E-state index in [1.807, 2.05) is 0 Å². The van der Waals surface area contributed by atoms with Gasteiger partial charge in [-0.05, 0) is 13.3 Å². The van der Waals surface area contributed by atoms with Crippen LogP contribution >= 0.6 is 0 Å². The fourth-order valence-corrected chi connectivity index (χ4v) is 2.34. The molecule has 2 aromatic heterocycles. The zero-order valence-corrected chi connectivity index (χ0v) is 13.0. The van der Waals surface area contributed by atoms with E-state index in [9.17, 15) is 4.79 Å². The maximum Gasteiger partial charge on any atom is 0.280 e. The Morgan fingerprint density at radius 1 is 1.38 bits per heavy atom. The SMILES string of the molecule is CCCCCC(C)NCCn1nnc2c(cnn2C)c1=O. The van der Waals surface area contributed by atoms with Gasteiger partial charge in [-0.1, -0.05) is 31.4 Å². The van der Waals surface area contributed by atoms with Crippen molar-refractivity contribution in [3.8, 4) is 0 Å². The van der Waals surface area contributed by atoms with Crippen molar-refractivity contribution in [2.24, 2.45) is 7.05 Å². The predicted octanol–water partition coefficient (Wildman–Crippen LogP) is 1.08. The van der Waals surface area contributed by atoms with Crippen molar-refractivity contribution in [1.29, 1.82) is 0 Å². The molecule has 21 heavy (non-hydrogen) atoms. The van der Waals surface area contributed by atoms with Crippen molar-refractivity contribution in [3.63, 3.8) is 0 Å². The van der Waals surface area contributed by atoms with Crippen LogP contribution in [-0.2, 0) is 13.6 Å². The minimum Gasteiger partial charge on any atom is -0.312 e. The second kappa shape index (κ2) is 7.31. The second-order valence-corrected chi connectivity index (χ2v) is 5.47. The lowest BCUT2D eigenvalue weighted by Gasteiger charge is -2.13. The second-order valence-electron chi connectivity index (χ2n) is 5.47. The van der Waals surface area contributed by atoms with Crippen LogP contribution in [0, 0.1) is 0 Å². The molecule has 2 heterocycles. The van der Waals surface area contributed by atoms with E-state index in [1.54, 1.807) is 17.9 Å². The molecular weight excluding hydrogens is 268 g/mol. The van der Waals surface area contributed by atoms with E-state index in [-0.39, 0.29) is 5.56 Å². The van der Waals surface area contributed by atoms with Crippen LogP contribution in [0.25, 0.3) is 11.0 Å². The number of aryl methyl sites for hydroxylation is 1. The highest BCUT2D eigenvalue weighted by Crippen LogP contribution is 2.03. The van der Waals surface area contributed by atoms with Crippen molar-refractivity contribution in [2.75, 3.05) is 6.54 Å². The summed E-state index contributed by atoms with van der Waals surface area (Å²) in [7, 11) is 1.75. The summed E-state index contributed by atoms with van der Waals surface area (Å²) >= 11 is 0. The van der Waals surface area contributed by atoms with Gasteiger partial charge in [-0.15, -0.1) is 5.10 Å². The molecule has 0 amide bonds. The molecule has 1 N–H and O–H groups in total. The molecule has 0 aliphatic heterocycles. The molecule has 0 aromatic carbocycles. The minimum atomic E-state index is -0.131. The Labute approximate surface area is 124 Å². The lowest BCUT2D eigenvalue weighted by atomic mass is 10.1. The van der Waals surface area contributed by atoms with Gasteiger partial charge >= 0.3 is 0 Å². The topological polar surface area (TPSA) is 77.6 Å². The molecule has 0 saturated carbocycles. The van der Waals surface area contributed by atoms with Gasteiger partial charge in [-0.2, -0.15) is 5.10 Å². The first kappa shape index (κ1) is 15.6. The molecular formula is C14H24N6O. The summed E-state index contributed by atoms with van der Waals surface area (Å²) in [5, 5.41) is 16.0. The van der Waals surface area contributed by atoms with Crippen LogP contribution in [-0.4, -0.2) is 37.4 Å². The third-order valence-electron chi connectivity index (χ3n) is 3.68. The van der Waals surface area contributed by atoms with Gasteiger partial charge in [0.1, 0.15) is 5.39 Å². The fraction of sp³-hybridized carbons (Fsp3) is 0.714. The van der Waals surface area contributed by atoms with Gasteiger partial charge < -0.3 is 5.32 Å². The van der Waals surface area contributed by atoms with Crippen molar-refractivity contribution < 1.29 is 0 Å². The molecule has 1 atom stereocenters. The zero-order valence-electron chi connectivity index (χ0n) is 13.0. The van der Waals surface area contributed by atoms with Gasteiger partial charge in [-0.3, -0.25) is 4.79 Å². The molecule has 116 valence electrons. The summed E-state index contributed by atoms with van der Waals surface area (Å²) in [4.78, 5) is 12.2. The minimum absolute atomic E-state index is 0.131. The Morgan fingerprint density at radius 3 is 2.95 bits per heavy atom. The molecule has 2 aromatic rings. The van der Waals surface area contributed by atoms with Crippen molar-refractivity contribution in [2.45, 2.75) is 52.1 Å². The molecule has 0 fully saturated rings. The summed E-state index contributed by atoms with van der Waals surface area (Å²) in [6.45, 7) is 5.62. The number of rotatable bonds is 8. The van der Waals surface area contributed by atoms with Crippen molar-refractivity contribution in [3.05, 3.63) is 16.6 Å². The van der Waals surface area contributed by atoms with E-state index in [4.69, 9.17) is 0 Å². The Kier molecular flexibility index (Phi) is 5.44. The van der Waals surface area contributed by atoms with E-state index in [0.717, 1.165) is 6.42 Å². The molecule has 7 nitrogen and oxygen atoms in total. The molecule has 2 rings (SSSR count). The molecule has 0 aliphatic rings. The van der Waals surface area contributed by atoms with Crippen LogP contribution in [0.3, 0.4) is 0 Å². The first-order valence-corrected chi connectivity index (χ1v) is 7.62. The summed E-state index contributed by atoms with van der Waals surface area (Å²) in [6, 6.07) is 0.460. The number of unbranched alkanes of at least 4 members (excludes halogenated alkanes) is 2. The maximum atomic E-state index is 12.2. The number of nitrogens with zero attached hydrogens (tertiary/aromatic N) is 5. The highest BCUT2D eigenvalue weighted by molar-refractivity contribution is 5.72. The monoisotopic (exact) mass is 292 g/mol. The Hall–Kier alpha value is -1.76. The normalized spacial score (nSPS) is 12.9. The predicted molar refractivity (Wildman–Crippen MR) is 82.2 cm³/mol. The van der Waals surface area contributed by atoms with E-state index < -0.39 is 0 Å². The van der Waals surface area contributed by atoms with Gasteiger partial charge in [0.15, 0.2) is 5.65 Å². The molecule has 0 bridgehead atoms. The van der Waals surface area contributed by atoms with Crippen molar-refractivity contribution >= 4 is 11.0 Å². The number of nitrogens with one attached hydrogen (secondary N) is 1. The van der Waals surface area contributed by atoms with Crippen LogP contribution in [0.2, 0.25) is 0 Å². The molecule has 0 saturated heterocycles. The first-order valence-electron chi connectivity index (χ1n) is 7.62. The Bertz CT molecular complexity index is 632. The van der Waals surface area contributed by atoms with E-state index >= 15 is 0 Å². The first-order chi connectivity index (χ1) is 10.1. The van der Waals surface area contributed by atoms with E-state index in [2.05, 4.69) is 34.6 Å². The zero-order chi connectivity index (χ0) is 15.2. The number of fused-ring (bicyclic) bond motifs is 1. The Balaban J connectivity index is 1.89. The van der Waals surface area contributed by atoms with Crippen LogP contribution in [0.1, 0.15) is 39.5 Å².